The van der Waals surface area contributed by atoms with Crippen LogP contribution < -0.4 is 14.8 Å². The van der Waals surface area contributed by atoms with E-state index in [0.717, 1.165) is 11.3 Å². The van der Waals surface area contributed by atoms with Crippen molar-refractivity contribution in [2.45, 2.75) is 20.8 Å². The second kappa shape index (κ2) is 10.8. The third-order valence-corrected chi connectivity index (χ3v) is 5.92. The maximum Gasteiger partial charge on any atom is 0.348 e. The minimum atomic E-state index is -0.663. The van der Waals surface area contributed by atoms with Gasteiger partial charge in [0.05, 0.1) is 38.6 Å². The van der Waals surface area contributed by atoms with E-state index in [-0.39, 0.29) is 40.1 Å². The fraction of sp³-hybridized carbons (Fsp3) is 0.304. The number of benzene rings is 1. The second-order valence-electron chi connectivity index (χ2n) is 6.80. The molecule has 0 spiro atoms. The first kappa shape index (κ1) is 24.8. The Labute approximate surface area is 199 Å². The first-order chi connectivity index (χ1) is 16.3. The average molecular weight is 489 g/mol. The number of aromatic nitrogens is 1. The number of esters is 2. The van der Waals surface area contributed by atoms with Gasteiger partial charge in [-0.15, -0.1) is 11.3 Å². The molecule has 2 heterocycles. The van der Waals surface area contributed by atoms with Gasteiger partial charge >= 0.3 is 11.9 Å². The number of anilines is 1. The Balaban J connectivity index is 1.93. The quantitative estimate of drug-likeness (QED) is 0.438. The number of carbonyl (C=O) groups excluding carboxylic acids is 3. The fourth-order valence-corrected chi connectivity index (χ4v) is 4.21. The van der Waals surface area contributed by atoms with Crippen molar-refractivity contribution in [1.82, 2.24) is 5.16 Å². The van der Waals surface area contributed by atoms with Gasteiger partial charge in [0.15, 0.2) is 11.5 Å². The maximum absolute atomic E-state index is 12.9. The highest BCUT2D eigenvalue weighted by atomic mass is 32.1. The van der Waals surface area contributed by atoms with E-state index in [0.29, 0.717) is 22.6 Å². The molecule has 0 atom stereocenters. The van der Waals surface area contributed by atoms with E-state index in [4.69, 9.17) is 23.5 Å². The molecule has 10 nitrogen and oxygen atoms in total. The van der Waals surface area contributed by atoms with Gasteiger partial charge in [-0.3, -0.25) is 4.79 Å². The lowest BCUT2D eigenvalue weighted by molar-refractivity contribution is 0.0527. The molecule has 1 amide bonds. The molecule has 0 aliphatic carbocycles. The molecule has 34 heavy (non-hydrogen) atoms. The van der Waals surface area contributed by atoms with Crippen molar-refractivity contribution in [3.63, 3.8) is 0 Å². The first-order valence-electron chi connectivity index (χ1n) is 10.3. The van der Waals surface area contributed by atoms with Gasteiger partial charge in [-0.05, 0) is 44.5 Å². The van der Waals surface area contributed by atoms with Gasteiger partial charge in [0.25, 0.3) is 5.91 Å². The van der Waals surface area contributed by atoms with Crippen molar-refractivity contribution in [1.29, 1.82) is 0 Å². The van der Waals surface area contributed by atoms with Crippen molar-refractivity contribution in [3.8, 4) is 22.8 Å². The standard InChI is InChI=1S/C23H24N2O8S/c1-6-31-22(27)18-12(3)19(23(28)32-7-2)34-21(18)24-20(26)15-11-17(33-25-15)14-10-13(29-4)8-9-16(14)30-5/h8-11H,6-7H2,1-5H3,(H,24,26). The number of carbonyl (C=O) groups is 3. The van der Waals surface area contributed by atoms with Crippen LogP contribution >= 0.6 is 11.3 Å². The van der Waals surface area contributed by atoms with E-state index in [9.17, 15) is 14.4 Å². The number of methoxy groups -OCH3 is 2. The van der Waals surface area contributed by atoms with Crippen LogP contribution in [0.2, 0.25) is 0 Å². The summed E-state index contributed by atoms with van der Waals surface area (Å²) in [6, 6.07) is 6.55. The second-order valence-corrected chi connectivity index (χ2v) is 7.82. The summed E-state index contributed by atoms with van der Waals surface area (Å²) in [4.78, 5) is 38.0. The van der Waals surface area contributed by atoms with Crippen molar-refractivity contribution in [3.05, 3.63) is 46.0 Å². The monoisotopic (exact) mass is 488 g/mol. The highest BCUT2D eigenvalue weighted by Crippen LogP contribution is 2.36. The van der Waals surface area contributed by atoms with Crippen LogP contribution in [-0.2, 0) is 9.47 Å². The van der Waals surface area contributed by atoms with Gasteiger partial charge in [0.1, 0.15) is 21.4 Å². The summed E-state index contributed by atoms with van der Waals surface area (Å²) in [5, 5.41) is 6.62. The minimum absolute atomic E-state index is 0.0431. The van der Waals surface area contributed by atoms with E-state index < -0.39 is 17.8 Å². The molecule has 2 aromatic heterocycles. The largest absolute Gasteiger partial charge is 0.497 e. The predicted molar refractivity (Wildman–Crippen MR) is 124 cm³/mol. The molecule has 0 fully saturated rings. The molecule has 0 radical (unpaired) electrons. The zero-order valence-electron chi connectivity index (χ0n) is 19.3. The van der Waals surface area contributed by atoms with E-state index in [2.05, 4.69) is 10.5 Å². The Kier molecular flexibility index (Phi) is 7.90. The number of nitrogens with one attached hydrogen (secondary N) is 1. The minimum Gasteiger partial charge on any atom is -0.497 e. The summed E-state index contributed by atoms with van der Waals surface area (Å²) in [7, 11) is 3.03. The third-order valence-electron chi connectivity index (χ3n) is 4.73. The van der Waals surface area contributed by atoms with Crippen molar-refractivity contribution in [2.24, 2.45) is 0 Å². The van der Waals surface area contributed by atoms with Gasteiger partial charge in [-0.1, -0.05) is 5.16 Å². The lowest BCUT2D eigenvalue weighted by Gasteiger charge is -2.07. The highest BCUT2D eigenvalue weighted by molar-refractivity contribution is 7.18. The van der Waals surface area contributed by atoms with Crippen molar-refractivity contribution >= 4 is 34.2 Å². The van der Waals surface area contributed by atoms with Gasteiger partial charge < -0.3 is 28.8 Å². The van der Waals surface area contributed by atoms with Crippen LogP contribution in [0.5, 0.6) is 11.5 Å². The highest BCUT2D eigenvalue weighted by Gasteiger charge is 2.28. The molecule has 1 N–H and O–H groups in total. The molecule has 0 aliphatic heterocycles. The molecule has 0 unspecified atom stereocenters. The molecule has 0 aliphatic rings. The van der Waals surface area contributed by atoms with Crippen LogP contribution in [0.25, 0.3) is 11.3 Å². The molecular weight excluding hydrogens is 464 g/mol. The zero-order valence-corrected chi connectivity index (χ0v) is 20.2. The van der Waals surface area contributed by atoms with E-state index in [1.165, 1.54) is 20.3 Å². The number of hydrogen-bond donors (Lipinski definition) is 1. The molecule has 0 saturated carbocycles. The summed E-state index contributed by atoms with van der Waals surface area (Å²) in [6.45, 7) is 5.23. The van der Waals surface area contributed by atoms with Crippen LogP contribution in [0.3, 0.4) is 0 Å². The van der Waals surface area contributed by atoms with Crippen LogP contribution in [0.1, 0.15) is 49.9 Å². The summed E-state index contributed by atoms with van der Waals surface area (Å²) < 4.78 is 26.1. The number of hydrogen-bond acceptors (Lipinski definition) is 10. The maximum atomic E-state index is 12.9. The molecule has 3 rings (SSSR count). The first-order valence-corrected chi connectivity index (χ1v) is 11.1. The smallest absolute Gasteiger partial charge is 0.348 e. The van der Waals surface area contributed by atoms with Crippen LogP contribution in [0.4, 0.5) is 5.00 Å². The Bertz CT molecular complexity index is 1210. The van der Waals surface area contributed by atoms with Gasteiger partial charge in [-0.25, -0.2) is 9.59 Å². The summed E-state index contributed by atoms with van der Waals surface area (Å²) in [5.74, 6) is -0.548. The number of amides is 1. The number of thiophene rings is 1. The molecule has 11 heteroatoms. The molecule has 3 aromatic rings. The molecule has 1 aromatic carbocycles. The van der Waals surface area contributed by atoms with Crippen LogP contribution in [-0.4, -0.2) is 50.4 Å². The van der Waals surface area contributed by atoms with Crippen LogP contribution in [0.15, 0.2) is 28.8 Å². The Morgan fingerprint density at radius 3 is 2.38 bits per heavy atom. The molecule has 0 saturated heterocycles. The molecule has 0 bridgehead atoms. The predicted octanol–water partition coefficient (Wildman–Crippen LogP) is 4.33. The fourth-order valence-electron chi connectivity index (χ4n) is 3.12. The summed E-state index contributed by atoms with van der Waals surface area (Å²) >= 11 is 0.923. The average Bonchev–Trinajstić information content (AvgIpc) is 3.44. The van der Waals surface area contributed by atoms with E-state index in [1.54, 1.807) is 39.0 Å². The Morgan fingerprint density at radius 1 is 1.03 bits per heavy atom. The number of ether oxygens (including phenoxy) is 4. The molecular formula is C23H24N2O8S. The van der Waals surface area contributed by atoms with Gasteiger partial charge in [0.2, 0.25) is 0 Å². The normalized spacial score (nSPS) is 10.5. The summed E-state index contributed by atoms with van der Waals surface area (Å²) in [6.07, 6.45) is 0. The van der Waals surface area contributed by atoms with Crippen LogP contribution in [0, 0.1) is 6.92 Å². The van der Waals surface area contributed by atoms with Crippen molar-refractivity contribution in [2.75, 3.05) is 32.8 Å². The van der Waals surface area contributed by atoms with Gasteiger partial charge in [0, 0.05) is 6.07 Å². The lowest BCUT2D eigenvalue weighted by Crippen LogP contribution is -2.15. The topological polar surface area (TPSA) is 126 Å². The van der Waals surface area contributed by atoms with Gasteiger partial charge in [-0.2, -0.15) is 0 Å². The SMILES string of the molecule is CCOC(=O)c1sc(NC(=O)c2cc(-c3cc(OC)ccc3OC)on2)c(C(=O)OCC)c1C. The lowest BCUT2D eigenvalue weighted by atomic mass is 10.1. The Morgan fingerprint density at radius 2 is 1.74 bits per heavy atom. The van der Waals surface area contributed by atoms with Crippen molar-refractivity contribution < 1.29 is 37.9 Å². The molecule has 180 valence electrons. The number of rotatable bonds is 9. The van der Waals surface area contributed by atoms with E-state index >= 15 is 0 Å². The van der Waals surface area contributed by atoms with E-state index in [1.807, 2.05) is 0 Å². The third kappa shape index (κ3) is 5.04. The Hall–Kier alpha value is -3.86. The number of nitrogens with zero attached hydrogens (tertiary/aromatic N) is 1. The summed E-state index contributed by atoms with van der Waals surface area (Å²) in [5.41, 5.74) is 0.941. The zero-order chi connectivity index (χ0) is 24.8.